The van der Waals surface area contributed by atoms with E-state index in [1.165, 1.54) is 107 Å². The SMILES string of the molecule is CC(C)CCC[C@@H](C)[C@H]1CC[C@H]2[C@@H]3CC[C@H]4C[C@@H](CCC=C(c5cc(Cl)c(OCc6ccc(-c7cccc(C(=O)[O-])c7)cc6)c(C(=O)O)c5)c5cc(Cl)c(OCc6ccc(-c7cccc(C(=O)[O-])c7)cc6)c(C(=O)O)c5)CC[C@]4(C)[C@H]3CC[C@]12C.[Na+].[Na+]. The molecule has 10 nitrogen and oxygen atoms in total. The van der Waals surface area contributed by atoms with Crippen molar-refractivity contribution in [2.24, 2.45) is 58.2 Å². The third-order valence-electron chi connectivity index (χ3n) is 20.6. The minimum absolute atomic E-state index is 0. The van der Waals surface area contributed by atoms with Gasteiger partial charge in [0.05, 0.1) is 22.0 Å². The summed E-state index contributed by atoms with van der Waals surface area (Å²) in [5, 5.41) is 44.6. The second-order valence-corrected chi connectivity index (χ2v) is 26.8. The van der Waals surface area contributed by atoms with Crippen LogP contribution in [0.2, 0.25) is 10.0 Å². The molecule has 6 aromatic carbocycles. The van der Waals surface area contributed by atoms with Crippen LogP contribution < -0.4 is 78.8 Å². The van der Waals surface area contributed by atoms with Gasteiger partial charge in [0.15, 0.2) is 11.5 Å². The summed E-state index contributed by atoms with van der Waals surface area (Å²) < 4.78 is 12.4. The first kappa shape index (κ1) is 68.0. The second kappa shape index (κ2) is 29.4. The number of carbonyl (C=O) groups excluding carboxylic acids is 2. The molecule has 2 N–H and O–H groups in total. The zero-order valence-electron chi connectivity index (χ0n) is 51.5. The van der Waals surface area contributed by atoms with Crippen LogP contribution in [0.1, 0.15) is 188 Å². The van der Waals surface area contributed by atoms with Crippen LogP contribution in [0.4, 0.5) is 0 Å². The van der Waals surface area contributed by atoms with Gasteiger partial charge in [-0.15, -0.1) is 0 Å². The molecule has 10 rings (SSSR count). The molecule has 4 aliphatic rings. The number of carboxylic acids is 4. The Hall–Kier alpha value is -4.88. The van der Waals surface area contributed by atoms with E-state index in [0.717, 1.165) is 59.5 Å². The number of halogens is 2. The van der Waals surface area contributed by atoms with Crippen molar-refractivity contribution >= 4 is 52.7 Å². The number of fused-ring (bicyclic) bond motifs is 5. The van der Waals surface area contributed by atoms with Crippen molar-refractivity contribution in [2.75, 3.05) is 0 Å². The van der Waals surface area contributed by atoms with Gasteiger partial charge in [-0.05, 0) is 226 Å². The van der Waals surface area contributed by atoms with E-state index in [1.807, 2.05) is 48.5 Å². The van der Waals surface area contributed by atoms with Crippen LogP contribution in [0.5, 0.6) is 11.5 Å². The first-order valence-corrected chi connectivity index (χ1v) is 31.4. The van der Waals surface area contributed by atoms with Gasteiger partial charge in [0.1, 0.15) is 24.3 Å². The van der Waals surface area contributed by atoms with E-state index in [1.54, 1.807) is 36.4 Å². The zero-order chi connectivity index (χ0) is 60.3. The molecule has 0 spiro atoms. The average Bonchev–Trinajstić information content (AvgIpc) is 2.59. The largest absolute Gasteiger partial charge is 1.00 e. The van der Waals surface area contributed by atoms with Crippen molar-refractivity contribution in [3.8, 4) is 33.8 Å². The predicted octanol–water partition coefficient (Wildman–Crippen LogP) is 10.6. The molecule has 87 heavy (non-hydrogen) atoms. The Labute approximate surface area is 567 Å². The fourth-order valence-corrected chi connectivity index (χ4v) is 16.7. The topological polar surface area (TPSA) is 173 Å². The van der Waals surface area contributed by atoms with Gasteiger partial charge in [0, 0.05) is 0 Å². The molecule has 6 aromatic rings. The third kappa shape index (κ3) is 15.1. The zero-order valence-corrected chi connectivity index (χ0v) is 57.0. The molecule has 4 saturated carbocycles. The van der Waals surface area contributed by atoms with Gasteiger partial charge in [-0.3, -0.25) is 0 Å². The van der Waals surface area contributed by atoms with E-state index in [-0.39, 0.29) is 116 Å². The summed E-state index contributed by atoms with van der Waals surface area (Å²) in [4.78, 5) is 49.4. The summed E-state index contributed by atoms with van der Waals surface area (Å²) in [6.07, 6.45) is 19.3. The van der Waals surface area contributed by atoms with Crippen molar-refractivity contribution in [3.63, 3.8) is 0 Å². The van der Waals surface area contributed by atoms with Crippen LogP contribution in [0.15, 0.2) is 127 Å². The molecule has 0 bridgehead atoms. The van der Waals surface area contributed by atoms with E-state index in [9.17, 15) is 39.6 Å². The molecule has 0 aromatic heterocycles. The van der Waals surface area contributed by atoms with E-state index in [4.69, 9.17) is 32.7 Å². The van der Waals surface area contributed by atoms with Crippen LogP contribution in [-0.2, 0) is 13.2 Å². The normalized spacial score (nSPS) is 23.1. The van der Waals surface area contributed by atoms with E-state index >= 15 is 0 Å². The van der Waals surface area contributed by atoms with Crippen molar-refractivity contribution in [2.45, 2.75) is 138 Å². The summed E-state index contributed by atoms with van der Waals surface area (Å²) >= 11 is 14.1. The number of ether oxygens (including phenoxy) is 2. The standard InChI is InChI=1S/C73H80Cl2O10.2Na/c1-43(2)10-6-11-44(3)61-28-29-62-58-27-26-56-34-45(30-32-72(56,4)63(58)31-33-73(61,62)5)12-7-17-57(54-37-59(70(80)81)66(64(74)39-54)84-41-46-18-22-48(23-19-46)50-13-8-15-52(35-50)68(76)77)55-38-60(71(82)83)67(65(75)40-55)85-42-47-20-24-49(25-21-47)51-14-9-16-53(36-51)69(78)79;;/h8-9,13-25,35-40,43-45,56,58,61-63H,6-7,10-12,26-34,41-42H2,1-5H3,(H,76,77)(H,78,79)(H,80,81)(H,82,83);;/q;2*+1/p-2/t44-,45+,56+,58+,61-,62+,63+,72+,73-;;/m1../s1. The molecule has 9 atom stereocenters. The predicted molar refractivity (Wildman–Crippen MR) is 331 cm³/mol. The number of allylic oxidation sites excluding steroid dienone is 1. The first-order valence-electron chi connectivity index (χ1n) is 30.6. The number of aromatic carboxylic acids is 4. The molecule has 14 heteroatoms. The summed E-state index contributed by atoms with van der Waals surface area (Å²) in [6.45, 7) is 12.5. The Morgan fingerprint density at radius 3 is 1.60 bits per heavy atom. The molecule has 0 heterocycles. The maximum Gasteiger partial charge on any atom is 1.00 e. The summed E-state index contributed by atoms with van der Waals surface area (Å²) in [6, 6.07) is 33.8. The molecule has 0 unspecified atom stereocenters. The number of rotatable bonds is 22. The minimum Gasteiger partial charge on any atom is -0.545 e. The first-order chi connectivity index (χ1) is 40.7. The molecule has 4 fully saturated rings. The molecular formula is C73H78Cl2Na2O10. The molecular weight excluding hydrogens is 1150 g/mol. The quantitative estimate of drug-likeness (QED) is 0.0623. The molecule has 446 valence electrons. The summed E-state index contributed by atoms with van der Waals surface area (Å²) in [5.74, 6) is 0.835. The fourth-order valence-electron chi connectivity index (χ4n) is 16.2. The molecule has 0 radical (unpaired) electrons. The number of hydrogen-bond acceptors (Lipinski definition) is 8. The molecule has 0 aliphatic heterocycles. The molecule has 0 amide bonds. The number of carboxylic acid groups (broad SMARTS) is 4. The van der Waals surface area contributed by atoms with Gasteiger partial charge >= 0.3 is 71.1 Å². The van der Waals surface area contributed by atoms with E-state index < -0.39 is 23.9 Å². The Bertz CT molecular complexity index is 3320. The Morgan fingerprint density at radius 2 is 1.10 bits per heavy atom. The van der Waals surface area contributed by atoms with Gasteiger partial charge in [-0.2, -0.15) is 0 Å². The van der Waals surface area contributed by atoms with Crippen molar-refractivity contribution in [1.82, 2.24) is 0 Å². The van der Waals surface area contributed by atoms with Crippen LogP contribution >= 0.6 is 23.2 Å². The summed E-state index contributed by atoms with van der Waals surface area (Å²) in [7, 11) is 0. The van der Waals surface area contributed by atoms with Gasteiger partial charge in [0.25, 0.3) is 0 Å². The number of benzene rings is 6. The van der Waals surface area contributed by atoms with E-state index in [0.29, 0.717) is 68.0 Å². The van der Waals surface area contributed by atoms with Crippen LogP contribution in [0.3, 0.4) is 0 Å². The molecule has 4 aliphatic carbocycles. The second-order valence-electron chi connectivity index (χ2n) is 26.0. The Morgan fingerprint density at radius 1 is 0.598 bits per heavy atom. The van der Waals surface area contributed by atoms with Crippen molar-refractivity contribution < 1.29 is 108 Å². The van der Waals surface area contributed by atoms with Crippen LogP contribution in [0.25, 0.3) is 27.8 Å². The third-order valence-corrected chi connectivity index (χ3v) is 21.2. The Kier molecular flexibility index (Phi) is 23.0. The summed E-state index contributed by atoms with van der Waals surface area (Å²) in [5.41, 5.74) is 6.37. The van der Waals surface area contributed by atoms with Crippen molar-refractivity contribution in [1.29, 1.82) is 0 Å². The fraction of sp³-hybridized carbons (Fsp3) is 0.425. The number of carbonyl (C=O) groups is 4. The van der Waals surface area contributed by atoms with Gasteiger partial charge in [-0.25, -0.2) is 9.59 Å². The smallest absolute Gasteiger partial charge is 0.545 e. The average molecular weight is 1230 g/mol. The van der Waals surface area contributed by atoms with Crippen molar-refractivity contribution in [3.05, 3.63) is 182 Å². The number of hydrogen-bond donors (Lipinski definition) is 2. The maximum absolute atomic E-state index is 13.2. The van der Waals surface area contributed by atoms with Gasteiger partial charge < -0.3 is 39.5 Å². The van der Waals surface area contributed by atoms with Gasteiger partial charge in [-0.1, -0.05) is 168 Å². The minimum atomic E-state index is -1.27. The molecule has 0 saturated heterocycles. The Balaban J connectivity index is 0.00000491. The maximum atomic E-state index is 13.2. The van der Waals surface area contributed by atoms with Crippen LogP contribution in [-0.4, -0.2) is 34.1 Å². The monoisotopic (exact) mass is 1230 g/mol. The van der Waals surface area contributed by atoms with Gasteiger partial charge in [0.2, 0.25) is 0 Å². The van der Waals surface area contributed by atoms with E-state index in [2.05, 4.69) is 40.7 Å². The van der Waals surface area contributed by atoms with Crippen LogP contribution in [0, 0.1) is 58.2 Å².